The third-order valence-electron chi connectivity index (χ3n) is 4.94. The first-order valence-corrected chi connectivity index (χ1v) is 10.3. The molecule has 2 N–H and O–H groups in total. The highest BCUT2D eigenvalue weighted by molar-refractivity contribution is 5.75. The third kappa shape index (κ3) is 5.95. The molecule has 3 aromatic rings. The van der Waals surface area contributed by atoms with Gasteiger partial charge in [0.1, 0.15) is 0 Å². The molecule has 0 atom stereocenters. The van der Waals surface area contributed by atoms with E-state index in [0.29, 0.717) is 30.4 Å². The van der Waals surface area contributed by atoms with Crippen LogP contribution in [0.1, 0.15) is 43.4 Å². The molecule has 0 amide bonds. The van der Waals surface area contributed by atoms with Gasteiger partial charge in [-0.05, 0) is 24.1 Å². The molecular weight excluding hydrogens is 386 g/mol. The van der Waals surface area contributed by atoms with Gasteiger partial charge in [-0.1, -0.05) is 74.1 Å². The van der Waals surface area contributed by atoms with Crippen molar-refractivity contribution in [2.75, 3.05) is 6.61 Å². The molecule has 0 bridgehead atoms. The molecular formula is C26H29N3O2. The third-order valence-corrected chi connectivity index (χ3v) is 4.94. The maximum atomic E-state index is 5.95. The summed E-state index contributed by atoms with van der Waals surface area (Å²) >= 11 is 0. The summed E-state index contributed by atoms with van der Waals surface area (Å²) in [5, 5.41) is 4.15. The van der Waals surface area contributed by atoms with E-state index in [1.807, 2.05) is 61.5 Å². The Kier molecular flexibility index (Phi) is 7.08. The lowest BCUT2D eigenvalue weighted by Crippen LogP contribution is -2.26. The Morgan fingerprint density at radius 3 is 2.61 bits per heavy atom. The van der Waals surface area contributed by atoms with Crippen molar-refractivity contribution in [3.8, 4) is 5.88 Å². The molecule has 0 aliphatic heterocycles. The number of allylic oxidation sites excluding steroid dienone is 4. The highest BCUT2D eigenvalue weighted by Gasteiger charge is 2.21. The molecule has 2 heterocycles. The second-order valence-electron chi connectivity index (χ2n) is 8.03. The Labute approximate surface area is 183 Å². The molecule has 2 aromatic heterocycles. The van der Waals surface area contributed by atoms with Gasteiger partial charge >= 0.3 is 0 Å². The van der Waals surface area contributed by atoms with Crippen LogP contribution in [0.25, 0.3) is 5.57 Å². The van der Waals surface area contributed by atoms with Crippen molar-refractivity contribution in [3.63, 3.8) is 0 Å². The fourth-order valence-electron chi connectivity index (χ4n) is 3.10. The van der Waals surface area contributed by atoms with Crippen LogP contribution in [0, 0.1) is 0 Å². The first kappa shape index (κ1) is 22.1. The molecule has 3 rings (SSSR count). The molecule has 5 heteroatoms. The Hall–Kier alpha value is -3.60. The number of nitrogens with two attached hydrogens (primary N) is 1. The Bertz CT molecular complexity index is 1060. The average Bonchev–Trinajstić information content (AvgIpc) is 3.22. The summed E-state index contributed by atoms with van der Waals surface area (Å²) in [6.45, 7) is 10.6. The summed E-state index contributed by atoms with van der Waals surface area (Å²) in [5.74, 6) is 1.20. The van der Waals surface area contributed by atoms with Gasteiger partial charge in [0.2, 0.25) is 5.88 Å². The van der Waals surface area contributed by atoms with Crippen LogP contribution in [0.2, 0.25) is 0 Å². The molecule has 0 fully saturated rings. The molecule has 1 aromatic carbocycles. The van der Waals surface area contributed by atoms with E-state index in [1.54, 1.807) is 6.20 Å². The van der Waals surface area contributed by atoms with Crippen LogP contribution in [0.5, 0.6) is 5.88 Å². The molecule has 31 heavy (non-hydrogen) atoms. The summed E-state index contributed by atoms with van der Waals surface area (Å²) in [4.78, 5) is 4.45. The van der Waals surface area contributed by atoms with E-state index < -0.39 is 0 Å². The summed E-state index contributed by atoms with van der Waals surface area (Å²) in [7, 11) is 0. The van der Waals surface area contributed by atoms with Crippen LogP contribution in [-0.2, 0) is 11.8 Å². The van der Waals surface area contributed by atoms with Crippen molar-refractivity contribution < 1.29 is 9.26 Å². The van der Waals surface area contributed by atoms with Crippen molar-refractivity contribution in [3.05, 3.63) is 108 Å². The van der Waals surface area contributed by atoms with Gasteiger partial charge in [0.15, 0.2) is 5.76 Å². The molecule has 0 saturated heterocycles. The second-order valence-corrected chi connectivity index (χ2v) is 8.03. The van der Waals surface area contributed by atoms with Gasteiger partial charge in [-0.15, -0.1) is 0 Å². The fourth-order valence-corrected chi connectivity index (χ4v) is 3.10. The zero-order chi connectivity index (χ0) is 22.3. The normalized spacial score (nSPS) is 12.3. The van der Waals surface area contributed by atoms with Crippen LogP contribution < -0.4 is 10.5 Å². The highest BCUT2D eigenvalue weighted by Crippen LogP contribution is 2.24. The maximum absolute atomic E-state index is 5.95. The predicted molar refractivity (Wildman–Crippen MR) is 125 cm³/mol. The Morgan fingerprint density at radius 1 is 1.19 bits per heavy atom. The molecule has 0 aliphatic rings. The molecule has 160 valence electrons. The zero-order valence-electron chi connectivity index (χ0n) is 18.3. The lowest BCUT2D eigenvalue weighted by molar-refractivity contribution is 0.232. The van der Waals surface area contributed by atoms with E-state index in [4.69, 9.17) is 15.0 Å². The minimum Gasteiger partial charge on any atom is -0.477 e. The van der Waals surface area contributed by atoms with Gasteiger partial charge in [0.05, 0.1) is 12.3 Å². The van der Waals surface area contributed by atoms with Crippen molar-refractivity contribution in [2.24, 2.45) is 5.73 Å². The number of aromatic nitrogens is 2. The molecule has 0 unspecified atom stereocenters. The standard InChI is InChI=1S/C26H29N3O2/c1-5-6-12-23(19(2)27)24-16-22(29-31-24)15-20-13-14-25(28-17-20)30-18-26(3,4)21-10-8-7-9-11-21/h5-14,16-17H,2,15,18,27H2,1,3-4H3/b6-5-,23-12+. The molecule has 0 aliphatic carbocycles. The van der Waals surface area contributed by atoms with E-state index in [2.05, 4.69) is 42.7 Å². The summed E-state index contributed by atoms with van der Waals surface area (Å²) < 4.78 is 11.4. The lowest BCUT2D eigenvalue weighted by atomic mass is 9.86. The zero-order valence-corrected chi connectivity index (χ0v) is 18.3. The maximum Gasteiger partial charge on any atom is 0.213 e. The smallest absolute Gasteiger partial charge is 0.213 e. The minimum absolute atomic E-state index is 0.107. The predicted octanol–water partition coefficient (Wildman–Crippen LogP) is 5.45. The minimum atomic E-state index is -0.107. The van der Waals surface area contributed by atoms with Gasteiger partial charge in [0, 0.05) is 41.4 Å². The summed E-state index contributed by atoms with van der Waals surface area (Å²) in [6.07, 6.45) is 8.06. The van der Waals surface area contributed by atoms with Gasteiger partial charge in [-0.25, -0.2) is 4.98 Å². The quantitative estimate of drug-likeness (QED) is 0.471. The summed E-state index contributed by atoms with van der Waals surface area (Å²) in [5.41, 5.74) is 9.96. The second kappa shape index (κ2) is 9.94. The van der Waals surface area contributed by atoms with Crippen molar-refractivity contribution in [1.29, 1.82) is 0 Å². The van der Waals surface area contributed by atoms with Crippen LogP contribution >= 0.6 is 0 Å². The van der Waals surface area contributed by atoms with Crippen molar-refractivity contribution in [2.45, 2.75) is 32.6 Å². The van der Waals surface area contributed by atoms with Crippen molar-refractivity contribution in [1.82, 2.24) is 10.1 Å². The first-order valence-electron chi connectivity index (χ1n) is 10.3. The van der Waals surface area contributed by atoms with E-state index in [1.165, 1.54) is 5.56 Å². The number of rotatable bonds is 9. The average molecular weight is 416 g/mol. The van der Waals surface area contributed by atoms with Gasteiger partial charge in [0.25, 0.3) is 0 Å². The number of ether oxygens (including phenoxy) is 1. The number of pyridine rings is 1. The number of benzene rings is 1. The number of hydrogen-bond donors (Lipinski definition) is 1. The lowest BCUT2D eigenvalue weighted by Gasteiger charge is -2.25. The Balaban J connectivity index is 1.62. The van der Waals surface area contributed by atoms with E-state index in [-0.39, 0.29) is 5.41 Å². The van der Waals surface area contributed by atoms with Gasteiger partial charge in [-0.2, -0.15) is 0 Å². The van der Waals surface area contributed by atoms with Crippen molar-refractivity contribution >= 4 is 5.57 Å². The number of hydrogen-bond acceptors (Lipinski definition) is 5. The first-order chi connectivity index (χ1) is 14.9. The van der Waals surface area contributed by atoms with Crippen LogP contribution in [0.15, 0.2) is 89.8 Å². The molecule has 5 nitrogen and oxygen atoms in total. The molecule has 0 radical (unpaired) electrons. The Morgan fingerprint density at radius 2 is 1.97 bits per heavy atom. The largest absolute Gasteiger partial charge is 0.477 e. The van der Waals surface area contributed by atoms with E-state index in [0.717, 1.165) is 16.8 Å². The summed E-state index contributed by atoms with van der Waals surface area (Å²) in [6, 6.07) is 16.1. The SMILES string of the molecule is C=C(N)/C(=C\C=C/C)c1cc(Cc2ccc(OCC(C)(C)c3ccccc3)nc2)no1. The molecule has 0 saturated carbocycles. The topological polar surface area (TPSA) is 74.2 Å². The van der Waals surface area contributed by atoms with Gasteiger partial charge in [-0.3, -0.25) is 0 Å². The van der Waals surface area contributed by atoms with E-state index in [9.17, 15) is 0 Å². The van der Waals surface area contributed by atoms with Crippen LogP contribution in [0.4, 0.5) is 0 Å². The van der Waals surface area contributed by atoms with Gasteiger partial charge < -0.3 is 15.0 Å². The highest BCUT2D eigenvalue weighted by atomic mass is 16.5. The van der Waals surface area contributed by atoms with E-state index >= 15 is 0 Å². The van der Waals surface area contributed by atoms with Crippen LogP contribution in [0.3, 0.4) is 0 Å². The molecule has 0 spiro atoms. The number of nitrogens with zero attached hydrogens (tertiary/aromatic N) is 2. The fraction of sp³-hybridized carbons (Fsp3) is 0.231. The monoisotopic (exact) mass is 415 g/mol. The van der Waals surface area contributed by atoms with Crippen LogP contribution in [-0.4, -0.2) is 16.7 Å².